The lowest BCUT2D eigenvalue weighted by molar-refractivity contribution is -0.127. The topological polar surface area (TPSA) is 43.8 Å². The van der Waals surface area contributed by atoms with E-state index < -0.39 is 0 Å². The summed E-state index contributed by atoms with van der Waals surface area (Å²) in [5, 5.41) is 8.75. The van der Waals surface area contributed by atoms with Gasteiger partial charge in [0.15, 0.2) is 0 Å². The third-order valence-corrected chi connectivity index (χ3v) is 2.68. The van der Waals surface area contributed by atoms with Crippen LogP contribution in [-0.2, 0) is 4.79 Å². The number of nitrogens with zero attached hydrogens (tertiary/aromatic N) is 2. The molecule has 1 aliphatic heterocycles. The third kappa shape index (κ3) is 2.67. The molecule has 1 fully saturated rings. The van der Waals surface area contributed by atoms with Crippen molar-refractivity contribution in [1.29, 1.82) is 0 Å². The number of aliphatic hydroxyl groups is 1. The number of hydrogen-bond donors (Lipinski definition) is 1. The van der Waals surface area contributed by atoms with Gasteiger partial charge in [-0.25, -0.2) is 0 Å². The molecule has 0 aromatic rings. The molecule has 1 saturated heterocycles. The van der Waals surface area contributed by atoms with Crippen molar-refractivity contribution in [3.63, 3.8) is 0 Å². The summed E-state index contributed by atoms with van der Waals surface area (Å²) in [5.41, 5.74) is 0. The Morgan fingerprint density at radius 3 is 2.85 bits per heavy atom. The SMILES string of the molecule is CC(=O)N1CC[C@H](N(C)CCO)C1. The minimum atomic E-state index is 0.153. The van der Waals surface area contributed by atoms with Crippen molar-refractivity contribution in [3.8, 4) is 0 Å². The fourth-order valence-corrected chi connectivity index (χ4v) is 1.73. The van der Waals surface area contributed by atoms with E-state index >= 15 is 0 Å². The van der Waals surface area contributed by atoms with Crippen LogP contribution in [0.4, 0.5) is 0 Å². The first kappa shape index (κ1) is 10.5. The Kier molecular flexibility index (Phi) is 3.69. The number of carbonyl (C=O) groups excluding carboxylic acids is 1. The Bertz CT molecular complexity index is 184. The normalized spacial score (nSPS) is 22.8. The minimum absolute atomic E-state index is 0.153. The molecular weight excluding hydrogens is 168 g/mol. The van der Waals surface area contributed by atoms with Crippen LogP contribution in [-0.4, -0.2) is 60.1 Å². The maximum atomic E-state index is 11.0. The Balaban J connectivity index is 2.35. The van der Waals surface area contributed by atoms with Gasteiger partial charge < -0.3 is 10.0 Å². The number of likely N-dealkylation sites (tertiary alicyclic amines) is 1. The average Bonchev–Trinajstić information content (AvgIpc) is 2.52. The van der Waals surface area contributed by atoms with E-state index in [1.165, 1.54) is 0 Å². The summed E-state index contributed by atoms with van der Waals surface area (Å²) in [6, 6.07) is 0.427. The van der Waals surface area contributed by atoms with Gasteiger partial charge in [0.25, 0.3) is 0 Å². The number of amides is 1. The van der Waals surface area contributed by atoms with E-state index in [0.717, 1.165) is 19.5 Å². The van der Waals surface area contributed by atoms with E-state index in [-0.39, 0.29) is 12.5 Å². The van der Waals surface area contributed by atoms with Gasteiger partial charge in [-0.2, -0.15) is 0 Å². The first-order valence-electron chi connectivity index (χ1n) is 4.71. The fraction of sp³-hybridized carbons (Fsp3) is 0.889. The summed E-state index contributed by atoms with van der Waals surface area (Å²) in [5.74, 6) is 0.153. The molecule has 13 heavy (non-hydrogen) atoms. The Morgan fingerprint density at radius 1 is 1.69 bits per heavy atom. The zero-order valence-electron chi connectivity index (χ0n) is 8.36. The molecule has 1 rings (SSSR count). The highest BCUT2D eigenvalue weighted by molar-refractivity contribution is 5.73. The van der Waals surface area contributed by atoms with Crippen molar-refractivity contribution in [2.45, 2.75) is 19.4 Å². The monoisotopic (exact) mass is 186 g/mol. The lowest BCUT2D eigenvalue weighted by Gasteiger charge is -2.23. The summed E-state index contributed by atoms with van der Waals surface area (Å²) in [4.78, 5) is 15.0. The standard InChI is InChI=1S/C9H18N2O2/c1-8(13)11-4-3-9(7-11)10(2)5-6-12/h9,12H,3-7H2,1-2H3/t9-/m0/s1. The zero-order valence-corrected chi connectivity index (χ0v) is 8.36. The molecule has 0 bridgehead atoms. The predicted octanol–water partition coefficient (Wildman–Crippen LogP) is -0.469. The smallest absolute Gasteiger partial charge is 0.219 e. The van der Waals surface area contributed by atoms with Gasteiger partial charge in [0.05, 0.1) is 6.61 Å². The molecule has 0 aliphatic carbocycles. The summed E-state index contributed by atoms with van der Waals surface area (Å²) < 4.78 is 0. The second-order valence-electron chi connectivity index (χ2n) is 3.61. The number of hydrogen-bond acceptors (Lipinski definition) is 3. The number of likely N-dealkylation sites (N-methyl/N-ethyl adjacent to an activating group) is 1. The second kappa shape index (κ2) is 4.58. The van der Waals surface area contributed by atoms with Crippen LogP contribution >= 0.6 is 0 Å². The van der Waals surface area contributed by atoms with Crippen molar-refractivity contribution in [2.24, 2.45) is 0 Å². The van der Waals surface area contributed by atoms with Crippen LogP contribution in [0.25, 0.3) is 0 Å². The van der Waals surface area contributed by atoms with Crippen LogP contribution in [0.5, 0.6) is 0 Å². The zero-order chi connectivity index (χ0) is 9.84. The number of aliphatic hydroxyl groups excluding tert-OH is 1. The quantitative estimate of drug-likeness (QED) is 0.648. The van der Waals surface area contributed by atoms with Gasteiger partial charge in [-0.1, -0.05) is 0 Å². The van der Waals surface area contributed by atoms with E-state index in [9.17, 15) is 4.79 Å². The molecule has 76 valence electrons. The van der Waals surface area contributed by atoms with Crippen LogP contribution < -0.4 is 0 Å². The van der Waals surface area contributed by atoms with Crippen LogP contribution in [0.1, 0.15) is 13.3 Å². The third-order valence-electron chi connectivity index (χ3n) is 2.68. The van der Waals surface area contributed by atoms with Gasteiger partial charge in [0, 0.05) is 32.6 Å². The van der Waals surface area contributed by atoms with E-state index in [0.29, 0.717) is 12.6 Å². The van der Waals surface area contributed by atoms with Gasteiger partial charge in [-0.3, -0.25) is 9.69 Å². The summed E-state index contributed by atoms with van der Waals surface area (Å²) in [6.07, 6.45) is 1.02. The Morgan fingerprint density at radius 2 is 2.38 bits per heavy atom. The van der Waals surface area contributed by atoms with E-state index in [2.05, 4.69) is 4.90 Å². The van der Waals surface area contributed by atoms with Crippen molar-refractivity contribution in [2.75, 3.05) is 33.3 Å². The second-order valence-corrected chi connectivity index (χ2v) is 3.61. The van der Waals surface area contributed by atoms with Crippen LogP contribution in [0, 0.1) is 0 Å². The molecule has 1 atom stereocenters. The molecule has 0 aromatic carbocycles. The van der Waals surface area contributed by atoms with E-state index in [1.807, 2.05) is 11.9 Å². The first-order valence-corrected chi connectivity index (χ1v) is 4.71. The van der Waals surface area contributed by atoms with Crippen LogP contribution in [0.2, 0.25) is 0 Å². The minimum Gasteiger partial charge on any atom is -0.395 e. The maximum absolute atomic E-state index is 11.0. The highest BCUT2D eigenvalue weighted by atomic mass is 16.3. The van der Waals surface area contributed by atoms with Crippen LogP contribution in [0.15, 0.2) is 0 Å². The number of carbonyl (C=O) groups is 1. The molecular formula is C9H18N2O2. The molecule has 0 aromatic heterocycles. The lowest BCUT2D eigenvalue weighted by Crippen LogP contribution is -2.37. The maximum Gasteiger partial charge on any atom is 0.219 e. The van der Waals surface area contributed by atoms with Gasteiger partial charge >= 0.3 is 0 Å². The molecule has 1 N–H and O–H groups in total. The Hall–Kier alpha value is -0.610. The molecule has 1 aliphatic rings. The first-order chi connectivity index (χ1) is 6.15. The highest BCUT2D eigenvalue weighted by Gasteiger charge is 2.26. The molecule has 0 saturated carbocycles. The van der Waals surface area contributed by atoms with Gasteiger partial charge in [-0.05, 0) is 13.5 Å². The molecule has 0 radical (unpaired) electrons. The van der Waals surface area contributed by atoms with Crippen molar-refractivity contribution < 1.29 is 9.90 Å². The van der Waals surface area contributed by atoms with Gasteiger partial charge in [-0.15, -0.1) is 0 Å². The van der Waals surface area contributed by atoms with Crippen molar-refractivity contribution >= 4 is 5.91 Å². The molecule has 4 nitrogen and oxygen atoms in total. The summed E-state index contributed by atoms with van der Waals surface area (Å²) >= 11 is 0. The lowest BCUT2D eigenvalue weighted by atomic mass is 10.2. The van der Waals surface area contributed by atoms with E-state index in [1.54, 1.807) is 6.92 Å². The highest BCUT2D eigenvalue weighted by Crippen LogP contribution is 2.13. The number of rotatable bonds is 3. The summed E-state index contributed by atoms with van der Waals surface area (Å²) in [6.45, 7) is 4.15. The Labute approximate surface area is 79.1 Å². The molecule has 1 heterocycles. The molecule has 0 spiro atoms. The molecule has 0 unspecified atom stereocenters. The fourth-order valence-electron chi connectivity index (χ4n) is 1.73. The van der Waals surface area contributed by atoms with Crippen molar-refractivity contribution in [1.82, 2.24) is 9.80 Å². The molecule has 4 heteroatoms. The predicted molar refractivity (Wildman–Crippen MR) is 50.4 cm³/mol. The molecule has 1 amide bonds. The van der Waals surface area contributed by atoms with Crippen LogP contribution in [0.3, 0.4) is 0 Å². The average molecular weight is 186 g/mol. The van der Waals surface area contributed by atoms with Gasteiger partial charge in [0.1, 0.15) is 0 Å². The largest absolute Gasteiger partial charge is 0.395 e. The summed E-state index contributed by atoms with van der Waals surface area (Å²) in [7, 11) is 1.99. The van der Waals surface area contributed by atoms with E-state index in [4.69, 9.17) is 5.11 Å². The van der Waals surface area contributed by atoms with Gasteiger partial charge in [0.2, 0.25) is 5.91 Å². The van der Waals surface area contributed by atoms with Crippen molar-refractivity contribution in [3.05, 3.63) is 0 Å².